The first-order valence-electron chi connectivity index (χ1n) is 20.8. The summed E-state index contributed by atoms with van der Waals surface area (Å²) in [7, 11) is -8.55. The van der Waals surface area contributed by atoms with Crippen LogP contribution in [-0.2, 0) is 61.1 Å². The van der Waals surface area contributed by atoms with E-state index in [1.165, 1.54) is 26.0 Å². The molecule has 2 fully saturated rings. The van der Waals surface area contributed by atoms with E-state index in [-0.39, 0.29) is 50.9 Å². The fourth-order valence-corrected chi connectivity index (χ4v) is 9.85. The Balaban J connectivity index is 1.36. The van der Waals surface area contributed by atoms with Gasteiger partial charge >= 0.3 is 12.4 Å². The van der Waals surface area contributed by atoms with Crippen molar-refractivity contribution in [1.29, 1.82) is 0 Å². The molecule has 8 rings (SSSR count). The zero-order valence-corrected chi connectivity index (χ0v) is 39.1. The number of halogens is 11. The molecule has 1 unspecified atom stereocenters. The highest BCUT2D eigenvalue weighted by molar-refractivity contribution is 7.93. The molecule has 2 aromatic carbocycles. The van der Waals surface area contributed by atoms with Crippen molar-refractivity contribution in [3.8, 4) is 23.0 Å². The van der Waals surface area contributed by atoms with Gasteiger partial charge in [-0.1, -0.05) is 23.6 Å². The molecule has 2 aliphatic carbocycles. The number of anilines is 1. The number of carbonyl (C=O) groups excluding carboxylic acids is 2. The average molecular weight is 1050 g/mol. The van der Waals surface area contributed by atoms with Gasteiger partial charge in [0.15, 0.2) is 21.3 Å². The molecule has 0 radical (unpaired) electrons. The van der Waals surface area contributed by atoms with Gasteiger partial charge in [0, 0.05) is 48.0 Å². The van der Waals surface area contributed by atoms with Crippen molar-refractivity contribution < 1.29 is 70.3 Å². The number of fused-ring (bicyclic) bond motifs is 4. The summed E-state index contributed by atoms with van der Waals surface area (Å²) < 4.78 is 198. The Hall–Kier alpha value is -5.78. The number of rotatable bonds is 12. The minimum Gasteiger partial charge on any atom is -0.346 e. The number of sulfone groups is 1. The number of pyridine rings is 1. The number of sulfonamides is 1. The second-order valence-electron chi connectivity index (χ2n) is 17.7. The Bertz CT molecular complexity index is 3290. The Morgan fingerprint density at radius 1 is 0.957 bits per heavy atom. The molecule has 5 aromatic rings. The van der Waals surface area contributed by atoms with Crippen molar-refractivity contribution in [3.05, 3.63) is 93.0 Å². The summed E-state index contributed by atoms with van der Waals surface area (Å²) in [6.45, 7) is -0.693. The van der Waals surface area contributed by atoms with E-state index in [4.69, 9.17) is 11.6 Å². The summed E-state index contributed by atoms with van der Waals surface area (Å²) in [6.07, 6.45) is -9.74. The molecule has 1 saturated heterocycles. The largest absolute Gasteiger partial charge is 0.435 e. The van der Waals surface area contributed by atoms with E-state index in [1.807, 2.05) is 0 Å². The minimum atomic E-state index is -5.21. The van der Waals surface area contributed by atoms with Crippen molar-refractivity contribution in [2.24, 2.45) is 11.8 Å². The summed E-state index contributed by atoms with van der Waals surface area (Å²) >= 11 is 6.64. The maximum Gasteiger partial charge on any atom is 0.435 e. The molecule has 2 N–H and O–H groups in total. The van der Waals surface area contributed by atoms with E-state index in [0.717, 1.165) is 30.5 Å². The van der Waals surface area contributed by atoms with Crippen LogP contribution in [0.1, 0.15) is 66.1 Å². The topological polar surface area (TPSA) is 178 Å². The molecule has 1 saturated carbocycles. The quantitative estimate of drug-likeness (QED) is 0.0998. The van der Waals surface area contributed by atoms with E-state index >= 15 is 8.78 Å². The number of hydrogen-bond acceptors (Lipinski definition) is 10. The number of aromatic nitrogens is 5. The molecule has 0 bridgehead atoms. The fraction of sp³-hybridized carbons (Fsp3) is 0.419. The van der Waals surface area contributed by atoms with Crippen molar-refractivity contribution >= 4 is 60.0 Å². The number of amides is 2. The van der Waals surface area contributed by atoms with Gasteiger partial charge in [-0.15, -0.1) is 0 Å². The molecular formula is C43H37ClF10N8O6S2. The second kappa shape index (κ2) is 17.2. The van der Waals surface area contributed by atoms with Crippen molar-refractivity contribution in [3.63, 3.8) is 0 Å². The number of benzene rings is 2. The van der Waals surface area contributed by atoms with E-state index < -0.39 is 154 Å². The van der Waals surface area contributed by atoms with Crippen molar-refractivity contribution in [2.75, 3.05) is 29.9 Å². The molecule has 2 amide bonds. The predicted octanol–water partition coefficient (Wildman–Crippen LogP) is 6.80. The Kier molecular flexibility index (Phi) is 12.4. The van der Waals surface area contributed by atoms with Crippen LogP contribution in [0.2, 0.25) is 5.02 Å². The number of hydrogen-bond donors (Lipinski definition) is 2. The number of nitrogens with zero attached hydrogens (tertiary/aromatic N) is 6. The van der Waals surface area contributed by atoms with E-state index in [9.17, 15) is 61.5 Å². The minimum absolute atomic E-state index is 0.00875. The Labute approximate surface area is 396 Å². The number of carbonyl (C=O) groups is 2. The molecule has 4 heterocycles. The molecule has 70 heavy (non-hydrogen) atoms. The van der Waals surface area contributed by atoms with Crippen molar-refractivity contribution in [1.82, 2.24) is 35.2 Å². The van der Waals surface area contributed by atoms with Crippen LogP contribution in [0.25, 0.3) is 22.0 Å². The van der Waals surface area contributed by atoms with Gasteiger partial charge in [0.1, 0.15) is 40.9 Å². The van der Waals surface area contributed by atoms with Crippen LogP contribution in [0, 0.1) is 35.3 Å². The van der Waals surface area contributed by atoms with Gasteiger partial charge in [0.2, 0.25) is 21.8 Å². The SMILES string of the molecule is CC(C)(C#Cc1ccc(-c2ccc(Cl)c3c(N(C(=O)C4CNC4)S(C)(=O)=O)nn(CC(F)(F)F)c23)c([C@H](Cc2cc(F)cc(F)c2)NC(=O)Cn2nc(C(F)(F)F)c3c2C(F)(F)C2C[C@H]32)n1)S(C)(=O)=O. The van der Waals surface area contributed by atoms with E-state index in [0.29, 0.717) is 17.0 Å². The normalized spacial score (nSPS) is 18.4. The lowest BCUT2D eigenvalue weighted by atomic mass is 9.93. The lowest BCUT2D eigenvalue weighted by Crippen LogP contribution is -2.53. The monoisotopic (exact) mass is 1050 g/mol. The van der Waals surface area contributed by atoms with Crippen molar-refractivity contribution in [2.45, 2.75) is 74.8 Å². The van der Waals surface area contributed by atoms with Gasteiger partial charge in [-0.25, -0.2) is 30.6 Å². The van der Waals surface area contributed by atoms with Gasteiger partial charge in [0.25, 0.3) is 5.92 Å². The molecule has 3 aromatic heterocycles. The summed E-state index contributed by atoms with van der Waals surface area (Å²) in [5.41, 5.74) is -5.62. The third-order valence-corrected chi connectivity index (χ3v) is 15.4. The van der Waals surface area contributed by atoms with Crippen LogP contribution in [0.15, 0.2) is 42.5 Å². The van der Waals surface area contributed by atoms with Crippen LogP contribution in [0.5, 0.6) is 0 Å². The molecule has 374 valence electrons. The van der Waals surface area contributed by atoms with Crippen LogP contribution < -0.4 is 14.9 Å². The van der Waals surface area contributed by atoms with Gasteiger partial charge in [-0.05, 0) is 74.4 Å². The second-order valence-corrected chi connectivity index (χ2v) is 22.5. The summed E-state index contributed by atoms with van der Waals surface area (Å²) in [5.74, 6) is -7.79. The lowest BCUT2D eigenvalue weighted by Gasteiger charge is -2.30. The smallest absolute Gasteiger partial charge is 0.346 e. The average Bonchev–Trinajstić information content (AvgIpc) is 3.70. The summed E-state index contributed by atoms with van der Waals surface area (Å²) in [4.78, 5) is 32.4. The van der Waals surface area contributed by atoms with Crippen LogP contribution in [0.3, 0.4) is 0 Å². The standard InChI is InChI=1S/C43H37ClF10N8O6S2/c1-40(2,69(3,65)66)10-9-24-5-6-25(26-7-8-29(44)33-35(26)61(19-41(47,48)49)59-38(33)62(70(4,67)68)39(64)21-16-55-17-21)34(56-24)30(13-20-11-22(45)14-23(46)12-20)57-31(63)18-60-37-32(36(58-60)43(52,53)54)27-15-28(27)42(37,50)51/h5-8,11-12,14,21,27-28,30,55H,13,15-19H2,1-4H3,(H,57,63)/t27-,28?,30-/m0/s1. The molecule has 3 aliphatic rings. The molecule has 0 spiro atoms. The molecule has 27 heteroatoms. The third kappa shape index (κ3) is 9.56. The Morgan fingerprint density at radius 3 is 2.17 bits per heavy atom. The highest BCUT2D eigenvalue weighted by Gasteiger charge is 2.68. The van der Waals surface area contributed by atoms with Gasteiger partial charge in [0.05, 0.1) is 39.8 Å². The van der Waals surface area contributed by atoms with Crippen LogP contribution in [0.4, 0.5) is 49.7 Å². The van der Waals surface area contributed by atoms with Gasteiger partial charge < -0.3 is 10.6 Å². The number of alkyl halides is 8. The highest BCUT2D eigenvalue weighted by atomic mass is 35.5. The lowest BCUT2D eigenvalue weighted by molar-refractivity contribution is -0.143. The van der Waals surface area contributed by atoms with Gasteiger partial charge in [-0.2, -0.15) is 49.6 Å². The van der Waals surface area contributed by atoms with E-state index in [2.05, 4.69) is 37.7 Å². The van der Waals surface area contributed by atoms with Gasteiger partial charge in [-0.3, -0.25) is 19.0 Å². The number of nitrogens with one attached hydrogen (secondary N) is 2. The molecule has 3 atom stereocenters. The first-order chi connectivity index (χ1) is 32.3. The fourth-order valence-electron chi connectivity index (χ4n) is 8.45. The molecular weight excluding hydrogens is 1010 g/mol. The molecule has 1 aliphatic heterocycles. The highest BCUT2D eigenvalue weighted by Crippen LogP contribution is 2.68. The Morgan fingerprint density at radius 2 is 1.60 bits per heavy atom. The summed E-state index contributed by atoms with van der Waals surface area (Å²) in [5, 5.41) is 11.7. The van der Waals surface area contributed by atoms with Crippen LogP contribution >= 0.6 is 11.6 Å². The zero-order chi connectivity index (χ0) is 51.4. The maximum atomic E-state index is 15.6. The summed E-state index contributed by atoms with van der Waals surface area (Å²) in [6, 6.07) is 4.98. The first kappa shape index (κ1) is 50.6. The van der Waals surface area contributed by atoms with E-state index in [1.54, 1.807) is 0 Å². The first-order valence-corrected chi connectivity index (χ1v) is 24.9. The zero-order valence-electron chi connectivity index (χ0n) is 36.7. The predicted molar refractivity (Wildman–Crippen MR) is 231 cm³/mol. The molecule has 14 nitrogen and oxygen atoms in total. The third-order valence-electron chi connectivity index (χ3n) is 12.2. The maximum absolute atomic E-state index is 15.6. The van der Waals surface area contributed by atoms with Crippen LogP contribution in [-0.4, -0.2) is 89.7 Å².